The minimum absolute atomic E-state index is 0.120. The molecular formula is C23H20N6O4. The van der Waals surface area contributed by atoms with Crippen LogP contribution in [-0.4, -0.2) is 44.1 Å². The molecule has 0 radical (unpaired) electrons. The number of ether oxygens (including phenoxy) is 1. The van der Waals surface area contributed by atoms with Gasteiger partial charge in [0.25, 0.3) is 5.91 Å². The molecule has 4 N–H and O–H groups in total. The van der Waals surface area contributed by atoms with Crippen LogP contribution in [0.4, 0.5) is 11.5 Å². The number of aromatic carboxylic acids is 1. The fourth-order valence-corrected chi connectivity index (χ4v) is 4.01. The Hall–Kier alpha value is -4.60. The summed E-state index contributed by atoms with van der Waals surface area (Å²) in [5, 5.41) is 27.5. The number of carboxylic acid groups (broad SMARTS) is 1. The van der Waals surface area contributed by atoms with Gasteiger partial charge >= 0.3 is 5.97 Å². The van der Waals surface area contributed by atoms with Gasteiger partial charge in [0.1, 0.15) is 17.6 Å². The van der Waals surface area contributed by atoms with Crippen LogP contribution in [0.2, 0.25) is 0 Å². The molecule has 166 valence electrons. The molecule has 2 aromatic carbocycles. The molecule has 1 unspecified atom stereocenters. The first-order chi connectivity index (χ1) is 15.9. The van der Waals surface area contributed by atoms with Crippen molar-refractivity contribution >= 4 is 34.3 Å². The molecule has 33 heavy (non-hydrogen) atoms. The van der Waals surface area contributed by atoms with Crippen LogP contribution in [0.5, 0.6) is 5.75 Å². The Morgan fingerprint density at radius 3 is 2.82 bits per heavy atom. The van der Waals surface area contributed by atoms with Crippen molar-refractivity contribution in [3.8, 4) is 5.75 Å². The number of hydrogen-bond acceptors (Lipinski definition) is 6. The summed E-state index contributed by atoms with van der Waals surface area (Å²) in [6, 6.07) is 13.5. The van der Waals surface area contributed by atoms with Crippen molar-refractivity contribution in [2.75, 3.05) is 17.7 Å². The van der Waals surface area contributed by atoms with Crippen molar-refractivity contribution in [2.24, 2.45) is 0 Å². The van der Waals surface area contributed by atoms with Crippen LogP contribution in [0.25, 0.3) is 10.9 Å². The summed E-state index contributed by atoms with van der Waals surface area (Å²) in [6.07, 6.45) is 1.68. The van der Waals surface area contributed by atoms with E-state index in [1.807, 2.05) is 24.3 Å². The Balaban J connectivity index is 1.59. The van der Waals surface area contributed by atoms with Gasteiger partial charge in [-0.05, 0) is 42.8 Å². The van der Waals surface area contributed by atoms with Crippen LogP contribution >= 0.6 is 0 Å². The number of methoxy groups -OCH3 is 1. The summed E-state index contributed by atoms with van der Waals surface area (Å²) < 4.78 is 6.88. The second-order valence-corrected chi connectivity index (χ2v) is 7.63. The van der Waals surface area contributed by atoms with E-state index in [0.29, 0.717) is 28.5 Å². The number of carbonyl (C=O) groups excluding carboxylic acids is 1. The molecule has 2 aromatic heterocycles. The number of benzene rings is 2. The number of carboxylic acids is 1. The van der Waals surface area contributed by atoms with Gasteiger partial charge in [-0.25, -0.2) is 9.48 Å². The largest absolute Gasteiger partial charge is 0.497 e. The molecule has 0 fully saturated rings. The molecule has 1 atom stereocenters. The SMILES string of the molecule is COc1cccc(C2C(C(=O)Nc3ccc4[nH]ncc4c3)=C(C)Nc3cc(C(=O)O)nn32)c1. The zero-order valence-electron chi connectivity index (χ0n) is 17.8. The smallest absolute Gasteiger partial charge is 0.356 e. The highest BCUT2D eigenvalue weighted by molar-refractivity contribution is 6.06. The van der Waals surface area contributed by atoms with Gasteiger partial charge in [0.2, 0.25) is 0 Å². The van der Waals surface area contributed by atoms with Crippen LogP contribution < -0.4 is 15.4 Å². The Labute approximate surface area is 187 Å². The van der Waals surface area contributed by atoms with E-state index in [4.69, 9.17) is 4.74 Å². The molecule has 4 aromatic rings. The fraction of sp³-hybridized carbons (Fsp3) is 0.130. The number of fused-ring (bicyclic) bond motifs is 2. The van der Waals surface area contributed by atoms with E-state index in [9.17, 15) is 14.7 Å². The lowest BCUT2D eigenvalue weighted by Crippen LogP contribution is -2.31. The summed E-state index contributed by atoms with van der Waals surface area (Å²) in [5.74, 6) is -0.399. The van der Waals surface area contributed by atoms with Crippen molar-refractivity contribution < 1.29 is 19.4 Å². The maximum absolute atomic E-state index is 13.5. The summed E-state index contributed by atoms with van der Waals surface area (Å²) >= 11 is 0. The molecule has 10 heteroatoms. The van der Waals surface area contributed by atoms with Crippen molar-refractivity contribution in [3.05, 3.63) is 77.3 Å². The minimum atomic E-state index is -1.15. The predicted molar refractivity (Wildman–Crippen MR) is 121 cm³/mol. The lowest BCUT2D eigenvalue weighted by Gasteiger charge is -2.30. The van der Waals surface area contributed by atoms with Crippen LogP contribution in [-0.2, 0) is 4.79 Å². The number of nitrogens with one attached hydrogen (secondary N) is 3. The lowest BCUT2D eigenvalue weighted by molar-refractivity contribution is -0.113. The maximum Gasteiger partial charge on any atom is 0.356 e. The van der Waals surface area contributed by atoms with Crippen LogP contribution in [0.3, 0.4) is 0 Å². The quantitative estimate of drug-likeness (QED) is 0.371. The number of allylic oxidation sites excluding steroid dienone is 1. The number of amides is 1. The Morgan fingerprint density at radius 1 is 1.18 bits per heavy atom. The van der Waals surface area contributed by atoms with Gasteiger partial charge in [0, 0.05) is 22.8 Å². The maximum atomic E-state index is 13.5. The highest BCUT2D eigenvalue weighted by Crippen LogP contribution is 2.37. The molecule has 5 rings (SSSR count). The minimum Gasteiger partial charge on any atom is -0.497 e. The average Bonchev–Trinajstić information content (AvgIpc) is 3.44. The van der Waals surface area contributed by atoms with Crippen LogP contribution in [0, 0.1) is 0 Å². The van der Waals surface area contributed by atoms with Crippen LogP contribution in [0.1, 0.15) is 29.0 Å². The third-order valence-electron chi connectivity index (χ3n) is 5.54. The molecule has 0 saturated heterocycles. The van der Waals surface area contributed by atoms with Crippen molar-refractivity contribution in [1.82, 2.24) is 20.0 Å². The number of carbonyl (C=O) groups is 2. The topological polar surface area (TPSA) is 134 Å². The predicted octanol–water partition coefficient (Wildman–Crippen LogP) is 3.39. The van der Waals surface area contributed by atoms with Crippen molar-refractivity contribution in [1.29, 1.82) is 0 Å². The van der Waals surface area contributed by atoms with Crippen molar-refractivity contribution in [2.45, 2.75) is 13.0 Å². The normalized spacial score (nSPS) is 15.2. The van der Waals surface area contributed by atoms with Gasteiger partial charge in [-0.15, -0.1) is 0 Å². The van der Waals surface area contributed by atoms with Gasteiger partial charge in [0.05, 0.1) is 24.4 Å². The molecule has 3 heterocycles. The molecule has 0 aliphatic carbocycles. The lowest BCUT2D eigenvalue weighted by atomic mass is 9.94. The van der Waals surface area contributed by atoms with Gasteiger partial charge in [-0.1, -0.05) is 12.1 Å². The number of H-pyrrole nitrogens is 1. The molecule has 1 aliphatic rings. The van der Waals surface area contributed by atoms with E-state index < -0.39 is 12.0 Å². The first kappa shape index (κ1) is 20.3. The first-order valence-corrected chi connectivity index (χ1v) is 10.1. The number of anilines is 2. The molecule has 1 aliphatic heterocycles. The molecule has 10 nitrogen and oxygen atoms in total. The zero-order valence-corrected chi connectivity index (χ0v) is 17.8. The van der Waals surface area contributed by atoms with E-state index in [-0.39, 0.29) is 11.6 Å². The Kier molecular flexibility index (Phi) is 4.82. The average molecular weight is 444 g/mol. The number of aromatic nitrogens is 4. The fourth-order valence-electron chi connectivity index (χ4n) is 4.01. The third kappa shape index (κ3) is 3.57. The summed E-state index contributed by atoms with van der Waals surface area (Å²) in [4.78, 5) is 25.1. The van der Waals surface area contributed by atoms with E-state index in [0.717, 1.165) is 16.5 Å². The Morgan fingerprint density at radius 2 is 2.03 bits per heavy atom. The van der Waals surface area contributed by atoms with Gasteiger partial charge in [-0.2, -0.15) is 10.2 Å². The highest BCUT2D eigenvalue weighted by atomic mass is 16.5. The number of hydrogen-bond donors (Lipinski definition) is 4. The first-order valence-electron chi connectivity index (χ1n) is 10.1. The molecule has 0 spiro atoms. The van der Waals surface area contributed by atoms with Gasteiger partial charge in [-0.3, -0.25) is 9.89 Å². The van der Waals surface area contributed by atoms with E-state index >= 15 is 0 Å². The summed E-state index contributed by atoms with van der Waals surface area (Å²) in [7, 11) is 1.56. The molecule has 0 saturated carbocycles. The highest BCUT2D eigenvalue weighted by Gasteiger charge is 2.34. The molecule has 0 bridgehead atoms. The van der Waals surface area contributed by atoms with E-state index in [1.165, 1.54) is 10.7 Å². The summed E-state index contributed by atoms with van der Waals surface area (Å²) in [6.45, 7) is 1.78. The van der Waals surface area contributed by atoms with Crippen molar-refractivity contribution in [3.63, 3.8) is 0 Å². The van der Waals surface area contributed by atoms with Gasteiger partial charge < -0.3 is 20.5 Å². The third-order valence-corrected chi connectivity index (χ3v) is 5.54. The standard InChI is InChI=1S/C23H20N6O4/c1-12-20(22(30)26-15-6-7-17-14(8-15)11-24-27-17)21(13-4-3-5-16(9-13)33-2)29-19(25-12)10-18(28-29)23(31)32/h3-11,21,25H,1-2H3,(H,24,27)(H,26,30)(H,31,32). The van der Waals surface area contributed by atoms with E-state index in [1.54, 1.807) is 38.4 Å². The second-order valence-electron chi connectivity index (χ2n) is 7.63. The Bertz CT molecular complexity index is 1430. The van der Waals surface area contributed by atoms with Crippen LogP contribution in [0.15, 0.2) is 66.0 Å². The van der Waals surface area contributed by atoms with E-state index in [2.05, 4.69) is 25.9 Å². The molecular weight excluding hydrogens is 424 g/mol. The number of rotatable bonds is 5. The van der Waals surface area contributed by atoms with Gasteiger partial charge in [0.15, 0.2) is 5.69 Å². The second kappa shape index (κ2) is 7.83. The zero-order chi connectivity index (χ0) is 23.1. The monoisotopic (exact) mass is 444 g/mol. The summed E-state index contributed by atoms with van der Waals surface area (Å²) in [5.41, 5.74) is 3.07. The number of nitrogens with zero attached hydrogens (tertiary/aromatic N) is 3. The number of aromatic amines is 1. The molecule has 1 amide bonds.